The van der Waals surface area contributed by atoms with Gasteiger partial charge in [-0.05, 0) is 38.0 Å². The first kappa shape index (κ1) is 14.7. The average molecular weight is 310 g/mol. The van der Waals surface area contributed by atoms with Crippen LogP contribution in [0.15, 0.2) is 9.95 Å². The summed E-state index contributed by atoms with van der Waals surface area (Å²) in [6, 6.07) is 0.284. The Morgan fingerprint density at radius 2 is 2.19 bits per heavy atom. The van der Waals surface area contributed by atoms with Gasteiger partial charge in [0.1, 0.15) is 0 Å². The maximum atomic E-state index is 12.4. The van der Waals surface area contributed by atoms with Crippen molar-refractivity contribution in [2.24, 2.45) is 5.92 Å². The van der Waals surface area contributed by atoms with E-state index >= 15 is 0 Å². The monoisotopic (exact) mass is 310 g/mol. The van der Waals surface area contributed by atoms with E-state index in [2.05, 4.69) is 17.1 Å². The molecule has 21 heavy (non-hydrogen) atoms. The summed E-state index contributed by atoms with van der Waals surface area (Å²) in [5.74, 6) is 1.23. The predicted octanol–water partition coefficient (Wildman–Crippen LogP) is 1.65. The molecule has 0 aliphatic heterocycles. The highest BCUT2D eigenvalue weighted by Crippen LogP contribution is 2.36. The molecule has 2 aliphatic rings. The lowest BCUT2D eigenvalue weighted by Gasteiger charge is -2.21. The van der Waals surface area contributed by atoms with Crippen LogP contribution in [0.2, 0.25) is 0 Å². The van der Waals surface area contributed by atoms with E-state index in [1.54, 1.807) is 4.57 Å². The van der Waals surface area contributed by atoms with E-state index in [4.69, 9.17) is 0 Å². The lowest BCUT2D eigenvalue weighted by molar-refractivity contribution is -0.128. The van der Waals surface area contributed by atoms with E-state index in [0.29, 0.717) is 16.8 Å². The molecule has 2 fully saturated rings. The van der Waals surface area contributed by atoms with Crippen LogP contribution in [0.1, 0.15) is 45.1 Å². The van der Waals surface area contributed by atoms with Crippen molar-refractivity contribution in [2.45, 2.75) is 50.2 Å². The van der Waals surface area contributed by atoms with Crippen molar-refractivity contribution >= 4 is 17.7 Å². The third-order valence-corrected chi connectivity index (χ3v) is 4.87. The molecule has 1 N–H and O–H groups in total. The molecule has 6 nitrogen and oxygen atoms in total. The number of aromatic nitrogens is 3. The van der Waals surface area contributed by atoms with E-state index in [1.165, 1.54) is 24.6 Å². The quantitative estimate of drug-likeness (QED) is 0.741. The Balaban J connectivity index is 1.57. The molecule has 1 amide bonds. The minimum absolute atomic E-state index is 0.157. The number of nitrogens with one attached hydrogen (secondary N) is 1. The number of hydrogen-bond acceptors (Lipinski definition) is 4. The Morgan fingerprint density at radius 1 is 1.43 bits per heavy atom. The molecule has 116 valence electrons. The highest BCUT2D eigenvalue weighted by molar-refractivity contribution is 7.99. The SMILES string of the molecule is CCCN(CC1CC1)C(=O)CSc1n[nH]c(=O)n1C1CC1. The lowest BCUT2D eigenvalue weighted by Crippen LogP contribution is -2.35. The fourth-order valence-electron chi connectivity index (χ4n) is 2.46. The predicted molar refractivity (Wildman–Crippen MR) is 81.4 cm³/mol. The molecule has 0 atom stereocenters. The number of carbonyl (C=O) groups is 1. The summed E-state index contributed by atoms with van der Waals surface area (Å²) in [5, 5.41) is 7.19. The Bertz CT molecular complexity index is 560. The number of aromatic amines is 1. The highest BCUT2D eigenvalue weighted by atomic mass is 32.2. The van der Waals surface area contributed by atoms with Gasteiger partial charge in [-0.2, -0.15) is 0 Å². The molecule has 3 rings (SSSR count). The minimum Gasteiger partial charge on any atom is -0.342 e. The summed E-state index contributed by atoms with van der Waals surface area (Å²) >= 11 is 1.38. The number of carbonyl (C=O) groups excluding carboxylic acids is 1. The second-order valence-electron chi connectivity index (χ2n) is 5.98. The van der Waals surface area contributed by atoms with Gasteiger partial charge in [0.25, 0.3) is 0 Å². The molecular weight excluding hydrogens is 288 g/mol. The third kappa shape index (κ3) is 3.70. The summed E-state index contributed by atoms with van der Waals surface area (Å²) in [7, 11) is 0. The van der Waals surface area contributed by atoms with Crippen LogP contribution in [0.5, 0.6) is 0 Å². The van der Waals surface area contributed by atoms with E-state index in [9.17, 15) is 9.59 Å². The molecule has 0 spiro atoms. The minimum atomic E-state index is -0.157. The Kier molecular flexibility index (Phi) is 4.37. The zero-order valence-corrected chi connectivity index (χ0v) is 13.2. The molecule has 0 unspecified atom stereocenters. The normalized spacial score (nSPS) is 18.0. The van der Waals surface area contributed by atoms with Crippen molar-refractivity contribution in [3.05, 3.63) is 10.5 Å². The highest BCUT2D eigenvalue weighted by Gasteiger charge is 2.30. The Hall–Kier alpha value is -1.24. The fourth-order valence-corrected chi connectivity index (χ4v) is 3.38. The first-order valence-electron chi connectivity index (χ1n) is 7.76. The van der Waals surface area contributed by atoms with Crippen LogP contribution in [0.4, 0.5) is 0 Å². The van der Waals surface area contributed by atoms with Crippen molar-refractivity contribution in [3.8, 4) is 0 Å². The Labute approximate surface area is 128 Å². The molecular formula is C14H22N4O2S. The summed E-state index contributed by atoms with van der Waals surface area (Å²) in [4.78, 5) is 26.0. The van der Waals surface area contributed by atoms with Crippen LogP contribution in [0, 0.1) is 5.92 Å². The van der Waals surface area contributed by atoms with Gasteiger partial charge in [0.05, 0.1) is 5.75 Å². The molecule has 0 bridgehead atoms. The van der Waals surface area contributed by atoms with Gasteiger partial charge in [0, 0.05) is 19.1 Å². The largest absolute Gasteiger partial charge is 0.344 e. The second kappa shape index (κ2) is 6.25. The summed E-state index contributed by atoms with van der Waals surface area (Å²) < 4.78 is 1.70. The number of amides is 1. The second-order valence-corrected chi connectivity index (χ2v) is 6.93. The zero-order valence-electron chi connectivity index (χ0n) is 12.4. The van der Waals surface area contributed by atoms with Gasteiger partial charge >= 0.3 is 5.69 Å². The van der Waals surface area contributed by atoms with Crippen LogP contribution in [0.3, 0.4) is 0 Å². The molecule has 1 heterocycles. The van der Waals surface area contributed by atoms with Crippen molar-refractivity contribution in [1.82, 2.24) is 19.7 Å². The number of nitrogens with zero attached hydrogens (tertiary/aromatic N) is 3. The average Bonchev–Trinajstić information content (AvgIpc) is 3.37. The van der Waals surface area contributed by atoms with Crippen molar-refractivity contribution in [3.63, 3.8) is 0 Å². The van der Waals surface area contributed by atoms with Crippen molar-refractivity contribution < 1.29 is 4.79 Å². The first-order valence-corrected chi connectivity index (χ1v) is 8.75. The van der Waals surface area contributed by atoms with Gasteiger partial charge in [-0.15, -0.1) is 5.10 Å². The number of rotatable bonds is 8. The van der Waals surface area contributed by atoms with Gasteiger partial charge in [0.2, 0.25) is 5.91 Å². The van der Waals surface area contributed by atoms with E-state index in [1.807, 2.05) is 4.90 Å². The fraction of sp³-hybridized carbons (Fsp3) is 0.786. The molecule has 2 aliphatic carbocycles. The first-order chi connectivity index (χ1) is 10.2. The molecule has 1 aromatic heterocycles. The van der Waals surface area contributed by atoms with Crippen LogP contribution in [0.25, 0.3) is 0 Å². The molecule has 0 aromatic carbocycles. The Morgan fingerprint density at radius 3 is 2.81 bits per heavy atom. The molecule has 2 saturated carbocycles. The molecule has 0 radical (unpaired) electrons. The smallest absolute Gasteiger partial charge is 0.342 e. The van der Waals surface area contributed by atoms with Gasteiger partial charge in [-0.25, -0.2) is 9.89 Å². The van der Waals surface area contributed by atoms with E-state index < -0.39 is 0 Å². The zero-order chi connectivity index (χ0) is 14.8. The van der Waals surface area contributed by atoms with Gasteiger partial charge < -0.3 is 4.90 Å². The number of hydrogen-bond donors (Lipinski definition) is 1. The van der Waals surface area contributed by atoms with Crippen molar-refractivity contribution in [2.75, 3.05) is 18.8 Å². The maximum absolute atomic E-state index is 12.4. The molecule has 1 aromatic rings. The van der Waals surface area contributed by atoms with E-state index in [0.717, 1.165) is 32.4 Å². The van der Waals surface area contributed by atoms with Crippen LogP contribution in [-0.4, -0.2) is 44.4 Å². The van der Waals surface area contributed by atoms with Gasteiger partial charge in [-0.3, -0.25) is 9.36 Å². The lowest BCUT2D eigenvalue weighted by atomic mass is 10.3. The summed E-state index contributed by atoms with van der Waals surface area (Å²) in [6.45, 7) is 3.81. The van der Waals surface area contributed by atoms with Crippen LogP contribution >= 0.6 is 11.8 Å². The van der Waals surface area contributed by atoms with E-state index in [-0.39, 0.29) is 17.6 Å². The standard InChI is InChI=1S/C14H22N4O2S/c1-2-7-17(8-10-3-4-10)12(19)9-21-14-16-15-13(20)18(14)11-5-6-11/h10-11H,2-9H2,1H3,(H,15,20). The third-order valence-electron chi connectivity index (χ3n) is 3.93. The topological polar surface area (TPSA) is 71.0 Å². The van der Waals surface area contributed by atoms with Crippen molar-refractivity contribution in [1.29, 1.82) is 0 Å². The van der Waals surface area contributed by atoms with Crippen LogP contribution in [-0.2, 0) is 4.79 Å². The van der Waals surface area contributed by atoms with Gasteiger partial charge in [-0.1, -0.05) is 18.7 Å². The van der Waals surface area contributed by atoms with Crippen LogP contribution < -0.4 is 5.69 Å². The van der Waals surface area contributed by atoms with Gasteiger partial charge in [0.15, 0.2) is 5.16 Å². The summed E-state index contributed by atoms with van der Waals surface area (Å²) in [5.41, 5.74) is -0.157. The maximum Gasteiger partial charge on any atom is 0.344 e. The number of thioether (sulfide) groups is 1. The summed E-state index contributed by atoms with van der Waals surface area (Å²) in [6.07, 6.45) is 5.55. The molecule has 0 saturated heterocycles. The molecule has 7 heteroatoms. The number of H-pyrrole nitrogens is 1.